The number of rotatable bonds is 5. The van der Waals surface area contributed by atoms with Crippen LogP contribution in [0.3, 0.4) is 0 Å². The Morgan fingerprint density at radius 3 is 2.57 bits per heavy atom. The first-order valence-electron chi connectivity index (χ1n) is 8.90. The van der Waals surface area contributed by atoms with Crippen molar-refractivity contribution in [3.05, 3.63) is 77.9 Å². The van der Waals surface area contributed by atoms with Gasteiger partial charge in [-0.15, -0.1) is 0 Å². The molecule has 0 atom stereocenters. The van der Waals surface area contributed by atoms with Gasteiger partial charge in [-0.1, -0.05) is 0 Å². The number of fused-ring (bicyclic) bond motifs is 1. The number of aromatic nitrogens is 3. The summed E-state index contributed by atoms with van der Waals surface area (Å²) in [6.45, 7) is 0. The van der Waals surface area contributed by atoms with E-state index >= 15 is 0 Å². The van der Waals surface area contributed by atoms with E-state index in [1.165, 1.54) is 6.07 Å². The molecule has 7 nitrogen and oxygen atoms in total. The molecule has 0 bridgehead atoms. The Hall–Kier alpha value is -3.55. The van der Waals surface area contributed by atoms with Gasteiger partial charge in [-0.3, -0.25) is 0 Å². The molecular formula is C21H16FN5O2Se. The van der Waals surface area contributed by atoms with Gasteiger partial charge in [0, 0.05) is 0 Å². The number of amides is 2. The van der Waals surface area contributed by atoms with E-state index in [0.29, 0.717) is 16.0 Å². The van der Waals surface area contributed by atoms with Crippen molar-refractivity contribution in [1.29, 1.82) is 0 Å². The van der Waals surface area contributed by atoms with Crippen LogP contribution in [0.25, 0.3) is 16.9 Å². The summed E-state index contributed by atoms with van der Waals surface area (Å²) in [4.78, 5) is 32.7. The second-order valence-electron chi connectivity index (χ2n) is 6.33. The number of primary amides is 1. The van der Waals surface area contributed by atoms with Gasteiger partial charge in [0.25, 0.3) is 0 Å². The molecule has 4 aromatic rings. The zero-order valence-corrected chi connectivity index (χ0v) is 17.5. The number of hydrogen-bond donors (Lipinski definition) is 2. The SMILES string of the molecule is CNC(=O)c1ccc2cc([Se]c3ccc(F)cc3C(N)=O)n(-c3ncccn3)c2c1. The molecule has 0 aliphatic heterocycles. The Labute approximate surface area is 177 Å². The van der Waals surface area contributed by atoms with E-state index in [4.69, 9.17) is 5.73 Å². The van der Waals surface area contributed by atoms with Crippen molar-refractivity contribution in [1.82, 2.24) is 19.9 Å². The molecule has 0 saturated heterocycles. The molecule has 0 saturated carbocycles. The molecule has 3 N–H and O–H groups in total. The Balaban J connectivity index is 1.92. The molecule has 0 unspecified atom stereocenters. The summed E-state index contributed by atoms with van der Waals surface area (Å²) in [6, 6.07) is 13.0. The number of nitrogens with zero attached hydrogens (tertiary/aromatic N) is 3. The van der Waals surface area contributed by atoms with Gasteiger partial charge in [0.2, 0.25) is 0 Å². The summed E-state index contributed by atoms with van der Waals surface area (Å²) < 4.78 is 17.0. The second kappa shape index (κ2) is 8.06. The number of carbonyl (C=O) groups excluding carboxylic acids is 2. The third kappa shape index (κ3) is 3.68. The molecule has 2 heterocycles. The van der Waals surface area contributed by atoms with Crippen LogP contribution >= 0.6 is 0 Å². The van der Waals surface area contributed by atoms with Crippen molar-refractivity contribution in [2.24, 2.45) is 5.73 Å². The molecule has 150 valence electrons. The topological polar surface area (TPSA) is 103 Å². The predicted molar refractivity (Wildman–Crippen MR) is 112 cm³/mol. The number of nitrogens with two attached hydrogens (primary N) is 1. The number of benzene rings is 2. The Morgan fingerprint density at radius 2 is 1.87 bits per heavy atom. The number of nitrogens with one attached hydrogen (secondary N) is 1. The zero-order valence-electron chi connectivity index (χ0n) is 15.8. The fourth-order valence-corrected chi connectivity index (χ4v) is 5.33. The van der Waals surface area contributed by atoms with Crippen molar-refractivity contribution in [2.75, 3.05) is 7.05 Å². The van der Waals surface area contributed by atoms with E-state index in [-0.39, 0.29) is 11.5 Å². The minimum absolute atomic E-state index is 0.145. The number of halogens is 1. The molecular weight excluding hydrogens is 452 g/mol. The minimum atomic E-state index is -0.688. The maximum absolute atomic E-state index is 13.6. The average molecular weight is 468 g/mol. The molecule has 0 spiro atoms. The summed E-state index contributed by atoms with van der Waals surface area (Å²) in [6.07, 6.45) is 3.25. The van der Waals surface area contributed by atoms with Crippen molar-refractivity contribution < 1.29 is 14.0 Å². The normalized spacial score (nSPS) is 10.9. The molecule has 2 amide bonds. The number of hydrogen-bond acceptors (Lipinski definition) is 4. The summed E-state index contributed by atoms with van der Waals surface area (Å²) in [7, 11) is 1.57. The first-order valence-corrected chi connectivity index (χ1v) is 10.6. The van der Waals surface area contributed by atoms with Crippen LogP contribution in [0.2, 0.25) is 0 Å². The zero-order chi connectivity index (χ0) is 21.3. The monoisotopic (exact) mass is 469 g/mol. The first kappa shape index (κ1) is 19.8. The fourth-order valence-electron chi connectivity index (χ4n) is 3.05. The van der Waals surface area contributed by atoms with Crippen LogP contribution in [0.1, 0.15) is 20.7 Å². The Kier molecular flexibility index (Phi) is 5.31. The molecule has 0 fully saturated rings. The molecule has 2 aromatic carbocycles. The molecule has 30 heavy (non-hydrogen) atoms. The van der Waals surface area contributed by atoms with Crippen LogP contribution in [-0.2, 0) is 0 Å². The van der Waals surface area contributed by atoms with E-state index in [2.05, 4.69) is 15.3 Å². The number of carbonyl (C=O) groups is 2. The van der Waals surface area contributed by atoms with Gasteiger partial charge in [0.05, 0.1) is 0 Å². The van der Waals surface area contributed by atoms with Crippen LogP contribution in [0, 0.1) is 5.82 Å². The van der Waals surface area contributed by atoms with Gasteiger partial charge in [-0.2, -0.15) is 0 Å². The molecule has 2 aromatic heterocycles. The van der Waals surface area contributed by atoms with Crippen molar-refractivity contribution >= 4 is 46.7 Å². The molecule has 4 rings (SSSR count). The summed E-state index contributed by atoms with van der Waals surface area (Å²) in [5, 5.41) is 3.50. The molecule has 0 aliphatic carbocycles. The van der Waals surface area contributed by atoms with Crippen LogP contribution < -0.4 is 20.1 Å². The van der Waals surface area contributed by atoms with E-state index in [1.807, 2.05) is 16.7 Å². The molecule has 0 aliphatic rings. The van der Waals surface area contributed by atoms with Gasteiger partial charge >= 0.3 is 177 Å². The van der Waals surface area contributed by atoms with Crippen molar-refractivity contribution in [3.8, 4) is 5.95 Å². The van der Waals surface area contributed by atoms with E-state index in [0.717, 1.165) is 21.6 Å². The van der Waals surface area contributed by atoms with Crippen molar-refractivity contribution in [2.45, 2.75) is 0 Å². The summed E-state index contributed by atoms with van der Waals surface area (Å²) in [5.74, 6) is -0.987. The average Bonchev–Trinajstić information content (AvgIpc) is 3.11. The molecule has 0 radical (unpaired) electrons. The quantitative estimate of drug-likeness (QED) is 0.421. The van der Waals surface area contributed by atoms with Crippen LogP contribution in [0.15, 0.2) is 60.9 Å². The third-order valence-electron chi connectivity index (χ3n) is 4.43. The van der Waals surface area contributed by atoms with E-state index in [1.54, 1.807) is 43.7 Å². The summed E-state index contributed by atoms with van der Waals surface area (Å²) in [5.41, 5.74) is 6.85. The third-order valence-corrected chi connectivity index (χ3v) is 6.71. The predicted octanol–water partition coefficient (Wildman–Crippen LogP) is 0.673. The van der Waals surface area contributed by atoms with Crippen LogP contribution in [0.5, 0.6) is 0 Å². The van der Waals surface area contributed by atoms with E-state index in [9.17, 15) is 14.0 Å². The maximum atomic E-state index is 13.6. The van der Waals surface area contributed by atoms with Gasteiger partial charge in [-0.25, -0.2) is 0 Å². The standard InChI is InChI=1S/C21H16FN5O2Se/c1-24-20(29)13-4-3-12-10-18(27(16(12)9-13)21-25-7-2-8-26-21)30-17-6-5-14(22)11-15(17)19(23)28/h2-11H,1H3,(H2,23,28)(H,24,29). The summed E-state index contributed by atoms with van der Waals surface area (Å²) >= 11 is -0.413. The van der Waals surface area contributed by atoms with Crippen LogP contribution in [0.4, 0.5) is 4.39 Å². The second-order valence-corrected chi connectivity index (χ2v) is 8.55. The van der Waals surface area contributed by atoms with Gasteiger partial charge < -0.3 is 0 Å². The van der Waals surface area contributed by atoms with Crippen LogP contribution in [-0.4, -0.2) is 48.4 Å². The van der Waals surface area contributed by atoms with Gasteiger partial charge in [-0.05, 0) is 0 Å². The van der Waals surface area contributed by atoms with Gasteiger partial charge in [0.15, 0.2) is 0 Å². The first-order chi connectivity index (χ1) is 14.5. The van der Waals surface area contributed by atoms with Crippen molar-refractivity contribution in [3.63, 3.8) is 0 Å². The molecule has 9 heteroatoms. The Morgan fingerprint density at radius 1 is 1.10 bits per heavy atom. The van der Waals surface area contributed by atoms with Gasteiger partial charge in [0.1, 0.15) is 0 Å². The Bertz CT molecular complexity index is 1270. The van der Waals surface area contributed by atoms with E-state index < -0.39 is 26.7 Å². The fraction of sp³-hybridized carbons (Fsp3) is 0.0476.